The Morgan fingerprint density at radius 2 is 1.52 bits per heavy atom. The van der Waals surface area contributed by atoms with Gasteiger partial charge in [0, 0.05) is 12.0 Å². The lowest BCUT2D eigenvalue weighted by atomic mass is 9.80. The summed E-state index contributed by atoms with van der Waals surface area (Å²) in [5, 5.41) is 9.82. The van der Waals surface area contributed by atoms with Crippen molar-refractivity contribution in [3.63, 3.8) is 0 Å². The minimum Gasteiger partial charge on any atom is -0.395 e. The zero-order valence-corrected chi connectivity index (χ0v) is 13.0. The van der Waals surface area contributed by atoms with Gasteiger partial charge in [-0.05, 0) is 31.1 Å². The average Bonchev–Trinajstić information content (AvgIpc) is 2.54. The molecule has 1 N–H and O–H groups in total. The lowest BCUT2D eigenvalue weighted by Gasteiger charge is -2.30. The molecule has 112 valence electrons. The van der Waals surface area contributed by atoms with Gasteiger partial charge in [-0.1, -0.05) is 67.6 Å². The van der Waals surface area contributed by atoms with Gasteiger partial charge in [0.15, 0.2) is 0 Å². The lowest BCUT2D eigenvalue weighted by Crippen LogP contribution is -2.32. The second kappa shape index (κ2) is 7.39. The zero-order chi connectivity index (χ0) is 15.1. The molecule has 0 amide bonds. The molecular weight excluding hydrogens is 258 g/mol. The number of aliphatic hydroxyl groups excluding tert-OH is 1. The molecule has 2 aromatic carbocycles. The van der Waals surface area contributed by atoms with Gasteiger partial charge in [0.2, 0.25) is 0 Å². The highest BCUT2D eigenvalue weighted by atomic mass is 16.3. The van der Waals surface area contributed by atoms with E-state index in [0.29, 0.717) is 0 Å². The van der Waals surface area contributed by atoms with Gasteiger partial charge < -0.3 is 10.0 Å². The van der Waals surface area contributed by atoms with Crippen LogP contribution < -0.4 is 0 Å². The van der Waals surface area contributed by atoms with Gasteiger partial charge in [-0.15, -0.1) is 0 Å². The Morgan fingerprint density at radius 3 is 2.10 bits per heavy atom. The smallest absolute Gasteiger partial charge is 0.0525 e. The summed E-state index contributed by atoms with van der Waals surface area (Å²) >= 11 is 0. The predicted octanol–water partition coefficient (Wildman–Crippen LogP) is 3.46. The van der Waals surface area contributed by atoms with E-state index >= 15 is 0 Å². The Labute approximate surface area is 128 Å². The Kier molecular flexibility index (Phi) is 5.54. The predicted molar refractivity (Wildman–Crippen MR) is 88.3 cm³/mol. The number of hydrogen-bond acceptors (Lipinski definition) is 2. The SMILES string of the molecule is CN(CCC(C)(CO)c1ccccc1)Cc1ccccc1. The van der Waals surface area contributed by atoms with Gasteiger partial charge in [0.25, 0.3) is 0 Å². The Hall–Kier alpha value is -1.64. The molecule has 0 aliphatic heterocycles. The van der Waals surface area contributed by atoms with Crippen molar-refractivity contribution < 1.29 is 5.11 Å². The van der Waals surface area contributed by atoms with E-state index in [4.69, 9.17) is 0 Å². The van der Waals surface area contributed by atoms with Crippen LogP contribution in [0.15, 0.2) is 60.7 Å². The molecule has 0 bridgehead atoms. The topological polar surface area (TPSA) is 23.5 Å². The molecule has 1 atom stereocenters. The second-order valence-corrected chi connectivity index (χ2v) is 6.06. The first-order valence-electron chi connectivity index (χ1n) is 7.53. The van der Waals surface area contributed by atoms with E-state index in [1.807, 2.05) is 24.3 Å². The molecule has 0 fully saturated rings. The van der Waals surface area contributed by atoms with Crippen LogP contribution in [-0.2, 0) is 12.0 Å². The third-order valence-electron chi connectivity index (χ3n) is 4.16. The molecular formula is C19H25NO. The molecule has 0 aliphatic rings. The highest BCUT2D eigenvalue weighted by molar-refractivity contribution is 5.24. The average molecular weight is 283 g/mol. The Morgan fingerprint density at radius 1 is 0.952 bits per heavy atom. The summed E-state index contributed by atoms with van der Waals surface area (Å²) in [5.41, 5.74) is 2.36. The summed E-state index contributed by atoms with van der Waals surface area (Å²) < 4.78 is 0. The molecule has 2 nitrogen and oxygen atoms in total. The van der Waals surface area contributed by atoms with Crippen LogP contribution in [-0.4, -0.2) is 30.2 Å². The van der Waals surface area contributed by atoms with Gasteiger partial charge >= 0.3 is 0 Å². The van der Waals surface area contributed by atoms with E-state index in [9.17, 15) is 5.11 Å². The fourth-order valence-corrected chi connectivity index (χ4v) is 2.57. The van der Waals surface area contributed by atoms with E-state index in [1.165, 1.54) is 11.1 Å². The summed E-state index contributed by atoms with van der Waals surface area (Å²) in [7, 11) is 2.13. The minimum atomic E-state index is -0.174. The minimum absolute atomic E-state index is 0.174. The number of rotatable bonds is 7. The van der Waals surface area contributed by atoms with Crippen molar-refractivity contribution in [1.29, 1.82) is 0 Å². The molecule has 0 saturated carbocycles. The molecule has 0 aliphatic carbocycles. The monoisotopic (exact) mass is 283 g/mol. The van der Waals surface area contributed by atoms with Crippen LogP contribution in [0.5, 0.6) is 0 Å². The highest BCUT2D eigenvalue weighted by Gasteiger charge is 2.25. The first-order chi connectivity index (χ1) is 10.1. The molecule has 0 aromatic heterocycles. The molecule has 2 rings (SSSR count). The third kappa shape index (κ3) is 4.42. The first-order valence-corrected chi connectivity index (χ1v) is 7.53. The van der Waals surface area contributed by atoms with Crippen LogP contribution in [0.4, 0.5) is 0 Å². The summed E-state index contributed by atoms with van der Waals surface area (Å²) in [6.07, 6.45) is 0.941. The van der Waals surface area contributed by atoms with Crippen molar-refractivity contribution in [3.8, 4) is 0 Å². The van der Waals surface area contributed by atoms with Crippen LogP contribution in [0.25, 0.3) is 0 Å². The van der Waals surface area contributed by atoms with Crippen LogP contribution in [0, 0.1) is 0 Å². The van der Waals surface area contributed by atoms with Crippen LogP contribution in [0.1, 0.15) is 24.5 Å². The van der Waals surface area contributed by atoms with E-state index in [2.05, 4.69) is 55.3 Å². The molecule has 21 heavy (non-hydrogen) atoms. The standard InChI is InChI=1S/C19H25NO/c1-19(16-21,18-11-7-4-8-12-18)13-14-20(2)15-17-9-5-3-6-10-17/h3-12,21H,13-16H2,1-2H3. The van der Waals surface area contributed by atoms with E-state index < -0.39 is 0 Å². The van der Waals surface area contributed by atoms with Crippen LogP contribution in [0.2, 0.25) is 0 Å². The van der Waals surface area contributed by atoms with Gasteiger partial charge in [0.1, 0.15) is 0 Å². The maximum absolute atomic E-state index is 9.82. The molecule has 0 spiro atoms. The maximum atomic E-state index is 9.82. The summed E-state index contributed by atoms with van der Waals surface area (Å²) in [5.74, 6) is 0. The molecule has 1 unspecified atom stereocenters. The molecule has 0 heterocycles. The van der Waals surface area contributed by atoms with Crippen molar-refractivity contribution in [3.05, 3.63) is 71.8 Å². The van der Waals surface area contributed by atoms with Crippen molar-refractivity contribution in [2.24, 2.45) is 0 Å². The molecule has 2 aromatic rings. The van der Waals surface area contributed by atoms with Gasteiger partial charge in [-0.25, -0.2) is 0 Å². The van der Waals surface area contributed by atoms with E-state index in [1.54, 1.807) is 0 Å². The van der Waals surface area contributed by atoms with Crippen LogP contribution >= 0.6 is 0 Å². The molecule has 0 saturated heterocycles. The van der Waals surface area contributed by atoms with Crippen molar-refractivity contribution >= 4 is 0 Å². The van der Waals surface area contributed by atoms with Gasteiger partial charge in [0.05, 0.1) is 6.61 Å². The summed E-state index contributed by atoms with van der Waals surface area (Å²) in [4.78, 5) is 2.31. The number of hydrogen-bond donors (Lipinski definition) is 1. The number of aliphatic hydroxyl groups is 1. The number of nitrogens with zero attached hydrogens (tertiary/aromatic N) is 1. The van der Waals surface area contributed by atoms with Crippen molar-refractivity contribution in [1.82, 2.24) is 4.90 Å². The second-order valence-electron chi connectivity index (χ2n) is 6.06. The number of benzene rings is 2. The molecule has 2 heteroatoms. The zero-order valence-electron chi connectivity index (χ0n) is 13.0. The highest BCUT2D eigenvalue weighted by Crippen LogP contribution is 2.27. The first kappa shape index (κ1) is 15.7. The quantitative estimate of drug-likeness (QED) is 0.841. The van der Waals surface area contributed by atoms with Crippen molar-refractivity contribution in [2.45, 2.75) is 25.3 Å². The van der Waals surface area contributed by atoms with Crippen LogP contribution in [0.3, 0.4) is 0 Å². The van der Waals surface area contributed by atoms with Gasteiger partial charge in [-0.2, -0.15) is 0 Å². The van der Waals surface area contributed by atoms with E-state index in [-0.39, 0.29) is 12.0 Å². The van der Waals surface area contributed by atoms with E-state index in [0.717, 1.165) is 19.5 Å². The fourth-order valence-electron chi connectivity index (χ4n) is 2.57. The Balaban J connectivity index is 1.94. The summed E-state index contributed by atoms with van der Waals surface area (Å²) in [6.45, 7) is 4.22. The maximum Gasteiger partial charge on any atom is 0.0525 e. The van der Waals surface area contributed by atoms with Gasteiger partial charge in [-0.3, -0.25) is 0 Å². The molecule has 0 radical (unpaired) electrons. The largest absolute Gasteiger partial charge is 0.395 e. The normalized spacial score (nSPS) is 14.1. The lowest BCUT2D eigenvalue weighted by molar-refractivity contribution is 0.178. The van der Waals surface area contributed by atoms with Crippen molar-refractivity contribution in [2.75, 3.05) is 20.2 Å². The summed E-state index contributed by atoms with van der Waals surface area (Å²) in [6, 6.07) is 20.8. The Bertz CT molecular complexity index is 526. The fraction of sp³-hybridized carbons (Fsp3) is 0.368. The third-order valence-corrected chi connectivity index (χ3v) is 4.16.